The molecule has 3 saturated carbocycles. The van der Waals surface area contributed by atoms with E-state index in [2.05, 4.69) is 19.9 Å². The van der Waals surface area contributed by atoms with Crippen molar-refractivity contribution in [2.24, 2.45) is 46.3 Å². The van der Waals surface area contributed by atoms with Crippen LogP contribution in [0.1, 0.15) is 92.4 Å². The molecule has 7 rings (SSSR count). The number of carbonyl (C=O) groups excluding carboxylic acids is 2. The Morgan fingerprint density at radius 2 is 1.40 bits per heavy atom. The lowest BCUT2D eigenvalue weighted by Gasteiger charge is -2.58. The summed E-state index contributed by atoms with van der Waals surface area (Å²) in [5, 5.41) is 103. The van der Waals surface area contributed by atoms with Crippen molar-refractivity contribution in [3.63, 3.8) is 0 Å². The van der Waals surface area contributed by atoms with Gasteiger partial charge in [-0.1, -0.05) is 39.3 Å². The highest BCUT2D eigenvalue weighted by molar-refractivity contribution is 5.92. The molecule has 6 fully saturated rings. The normalized spacial score (nSPS) is 49.9. The average Bonchev–Trinajstić information content (AvgIpc) is 3.54. The summed E-state index contributed by atoms with van der Waals surface area (Å²) >= 11 is 0. The van der Waals surface area contributed by atoms with Crippen LogP contribution in [0.25, 0.3) is 0 Å². The fourth-order valence-electron chi connectivity index (χ4n) is 12.6. The zero-order chi connectivity index (χ0) is 45.9. The molecular formula is C45H72O18. The molecule has 4 aliphatic carbocycles. The first-order chi connectivity index (χ1) is 29.7. The van der Waals surface area contributed by atoms with Crippen molar-refractivity contribution in [1.29, 1.82) is 0 Å². The van der Waals surface area contributed by atoms with Crippen LogP contribution in [-0.2, 0) is 38.0 Å². The minimum absolute atomic E-state index is 0.0171. The van der Waals surface area contributed by atoms with E-state index in [9.17, 15) is 60.7 Å². The van der Waals surface area contributed by atoms with Crippen molar-refractivity contribution in [2.45, 2.75) is 191 Å². The fourth-order valence-corrected chi connectivity index (χ4v) is 12.6. The van der Waals surface area contributed by atoms with Gasteiger partial charge in [-0.25, -0.2) is 0 Å². The number of ether oxygens (including phenoxy) is 6. The van der Waals surface area contributed by atoms with Gasteiger partial charge in [0, 0.05) is 24.7 Å². The molecule has 63 heavy (non-hydrogen) atoms. The Kier molecular flexibility index (Phi) is 15.3. The molecule has 18 heteroatoms. The van der Waals surface area contributed by atoms with Crippen LogP contribution < -0.4 is 0 Å². The van der Waals surface area contributed by atoms with Crippen LogP contribution in [0.3, 0.4) is 0 Å². The Labute approximate surface area is 368 Å². The molecule has 24 atom stereocenters. The Balaban J connectivity index is 0.964. The molecule has 360 valence electrons. The third-order valence-corrected chi connectivity index (χ3v) is 16.5. The highest BCUT2D eigenvalue weighted by Gasteiger charge is 2.63. The van der Waals surface area contributed by atoms with Gasteiger partial charge >= 0.3 is 0 Å². The summed E-state index contributed by atoms with van der Waals surface area (Å²) in [7, 11) is 0. The van der Waals surface area contributed by atoms with Crippen LogP contribution >= 0.6 is 0 Å². The fraction of sp³-hybridized carbons (Fsp3) is 0.911. The minimum atomic E-state index is -1.67. The van der Waals surface area contributed by atoms with Gasteiger partial charge in [0.15, 0.2) is 18.9 Å². The first-order valence-electron chi connectivity index (χ1n) is 23.1. The van der Waals surface area contributed by atoms with Crippen molar-refractivity contribution < 1.29 is 89.1 Å². The molecule has 10 unspecified atom stereocenters. The van der Waals surface area contributed by atoms with Crippen molar-refractivity contribution >= 4 is 11.6 Å². The molecule has 0 aromatic rings. The first kappa shape index (κ1) is 49.3. The number of aliphatic hydroxyl groups excluding tert-OH is 10. The summed E-state index contributed by atoms with van der Waals surface area (Å²) in [5.41, 5.74) is 0.735. The number of rotatable bonds is 14. The Hall–Kier alpha value is -1.56. The van der Waals surface area contributed by atoms with Crippen molar-refractivity contribution in [3.8, 4) is 0 Å². The number of hydrogen-bond donors (Lipinski definition) is 10. The summed E-state index contributed by atoms with van der Waals surface area (Å²) in [6, 6.07) is 0. The van der Waals surface area contributed by atoms with Gasteiger partial charge < -0.3 is 79.5 Å². The average molecular weight is 901 g/mol. The topological polar surface area (TPSA) is 292 Å². The van der Waals surface area contributed by atoms with E-state index in [1.54, 1.807) is 0 Å². The van der Waals surface area contributed by atoms with Crippen molar-refractivity contribution in [1.82, 2.24) is 0 Å². The first-order valence-corrected chi connectivity index (χ1v) is 23.1. The van der Waals surface area contributed by atoms with Crippen molar-refractivity contribution in [3.05, 3.63) is 11.6 Å². The highest BCUT2D eigenvalue weighted by Crippen LogP contribution is 2.66. The zero-order valence-corrected chi connectivity index (χ0v) is 37.0. The smallest absolute Gasteiger partial charge is 0.187 e. The van der Waals surface area contributed by atoms with Gasteiger partial charge in [-0.3, -0.25) is 9.59 Å². The van der Waals surface area contributed by atoms with Crippen LogP contribution in [0, 0.1) is 46.3 Å². The number of aliphatic hydroxyl groups is 10. The number of carbonyl (C=O) groups is 2. The monoisotopic (exact) mass is 900 g/mol. The van der Waals surface area contributed by atoms with Crippen LogP contribution in [0.15, 0.2) is 11.6 Å². The Morgan fingerprint density at radius 3 is 2.08 bits per heavy atom. The van der Waals surface area contributed by atoms with E-state index >= 15 is 0 Å². The molecule has 3 aliphatic heterocycles. The molecular weight excluding hydrogens is 828 g/mol. The number of hydrogen-bond acceptors (Lipinski definition) is 18. The molecule has 0 bridgehead atoms. The largest absolute Gasteiger partial charge is 0.394 e. The summed E-state index contributed by atoms with van der Waals surface area (Å²) in [6.07, 6.45) is -13.4. The summed E-state index contributed by atoms with van der Waals surface area (Å²) < 4.78 is 35.1. The van der Waals surface area contributed by atoms with Crippen LogP contribution in [-0.4, -0.2) is 181 Å². The van der Waals surface area contributed by atoms with Gasteiger partial charge in [0.2, 0.25) is 0 Å². The summed E-state index contributed by atoms with van der Waals surface area (Å²) in [5.74, 6) is -0.137. The van der Waals surface area contributed by atoms with Gasteiger partial charge in [-0.05, 0) is 86.4 Å². The van der Waals surface area contributed by atoms with Crippen molar-refractivity contribution in [2.75, 3.05) is 19.8 Å². The van der Waals surface area contributed by atoms with E-state index in [-0.39, 0.29) is 59.3 Å². The second-order valence-electron chi connectivity index (χ2n) is 20.4. The molecule has 3 saturated heterocycles. The third-order valence-electron chi connectivity index (χ3n) is 16.5. The van der Waals surface area contributed by atoms with E-state index in [1.807, 2.05) is 13.8 Å². The van der Waals surface area contributed by atoms with Gasteiger partial charge in [-0.2, -0.15) is 0 Å². The lowest BCUT2D eigenvalue weighted by atomic mass is 9.47. The third kappa shape index (κ3) is 9.24. The second-order valence-corrected chi connectivity index (χ2v) is 20.4. The Bertz CT molecular complexity index is 1630. The predicted molar refractivity (Wildman–Crippen MR) is 218 cm³/mol. The number of fused-ring (bicyclic) bond motifs is 5. The van der Waals surface area contributed by atoms with Gasteiger partial charge in [0.05, 0.1) is 32.0 Å². The maximum atomic E-state index is 14.0. The quantitative estimate of drug-likeness (QED) is 0.0957. The molecule has 18 nitrogen and oxygen atoms in total. The number of ketones is 2. The molecule has 0 spiro atoms. The Morgan fingerprint density at radius 1 is 0.762 bits per heavy atom. The SMILES string of the molecule is CC1O[C@@H](OC2C(O)[C@H](O)C(CO)O[C@H]2O[C@H]2CC[C@@]3(C)C(=CC[C@@H]4[C@@H]3CC[C@]3(C)C([C@H](C)C(=O)CC[C@@H](C)CO[C@@H]5OC(CO)[C@@H](O)C(O)C5O)C(=O)C[C@@H]43)C2)C(O)C(O)[C@H]1O. The van der Waals surface area contributed by atoms with Crippen LogP contribution in [0.5, 0.6) is 0 Å². The van der Waals surface area contributed by atoms with Crippen LogP contribution in [0.4, 0.5) is 0 Å². The van der Waals surface area contributed by atoms with E-state index in [1.165, 1.54) is 12.5 Å². The molecule has 7 aliphatic rings. The number of Topliss-reactive ketones (excluding diaryl/α,β-unsaturated/α-hetero) is 2. The van der Waals surface area contributed by atoms with E-state index in [0.29, 0.717) is 31.6 Å². The summed E-state index contributed by atoms with van der Waals surface area (Å²) in [6.45, 7) is 8.71. The van der Waals surface area contributed by atoms with Gasteiger partial charge in [0.25, 0.3) is 0 Å². The summed E-state index contributed by atoms with van der Waals surface area (Å²) in [4.78, 5) is 27.8. The molecule has 0 radical (unpaired) electrons. The van der Waals surface area contributed by atoms with E-state index in [4.69, 9.17) is 28.4 Å². The zero-order valence-electron chi connectivity index (χ0n) is 37.0. The maximum absolute atomic E-state index is 14.0. The van der Waals surface area contributed by atoms with Gasteiger partial charge in [0.1, 0.15) is 78.7 Å². The number of allylic oxidation sites excluding steroid dienone is 1. The molecule has 0 aromatic carbocycles. The highest BCUT2D eigenvalue weighted by atomic mass is 16.8. The molecule has 0 amide bonds. The minimum Gasteiger partial charge on any atom is -0.394 e. The molecule has 10 N–H and O–H groups in total. The second kappa shape index (κ2) is 19.6. The lowest BCUT2D eigenvalue weighted by molar-refractivity contribution is -0.369. The van der Waals surface area contributed by atoms with Gasteiger partial charge in [-0.15, -0.1) is 0 Å². The predicted octanol–water partition coefficient (Wildman–Crippen LogP) is -0.781. The molecule has 0 aromatic heterocycles. The van der Waals surface area contributed by atoms with E-state index in [0.717, 1.165) is 25.7 Å². The maximum Gasteiger partial charge on any atom is 0.187 e. The van der Waals surface area contributed by atoms with E-state index < -0.39 is 117 Å². The molecule has 3 heterocycles. The standard InChI is InChI=1S/C45H72O18/c1-19(18-58-41-38(56)36(54)33(51)29(16-46)61-41)6-9-27(48)20(2)31-28(49)15-26-24-8-7-22-14-23(10-12-44(22,4)25(24)11-13-45(26,31)5)60-43-40(37(55)34(52)30(17-47)62-43)63-42-39(57)35(53)32(50)21(3)59-42/h7,19-21,23-26,29-43,46-47,50-57H,6,8-18H2,1-5H3/t19-,20-,21?,23+,24-,25+,26+,29?,30?,31?,32+,33-,34-,35?,36?,37?,38?,39?,40?,41-,42+,43-,44+,45+/m1/s1. The lowest BCUT2D eigenvalue weighted by Crippen LogP contribution is -2.64. The van der Waals surface area contributed by atoms with Crippen LogP contribution in [0.2, 0.25) is 0 Å².